The Hall–Kier alpha value is -1.81. The van der Waals surface area contributed by atoms with E-state index in [2.05, 4.69) is 16.7 Å². The van der Waals surface area contributed by atoms with Crippen LogP contribution in [-0.2, 0) is 0 Å². The number of nitrogens with one attached hydrogen (secondary N) is 2. The minimum Gasteiger partial charge on any atom is -0.508 e. The van der Waals surface area contributed by atoms with Gasteiger partial charge in [-0.2, -0.15) is 0 Å². The Labute approximate surface area is 107 Å². The van der Waals surface area contributed by atoms with Gasteiger partial charge in [0, 0.05) is 18.7 Å². The summed E-state index contributed by atoms with van der Waals surface area (Å²) in [5.41, 5.74) is 2.66. The van der Waals surface area contributed by atoms with Crippen LogP contribution >= 0.6 is 0 Å². The molecule has 1 amide bonds. The van der Waals surface area contributed by atoms with Crippen molar-refractivity contribution in [3.8, 4) is 5.75 Å². The fraction of sp³-hybridized carbons (Fsp3) is 0.357. The first-order valence-corrected chi connectivity index (χ1v) is 6.13. The largest absolute Gasteiger partial charge is 0.508 e. The van der Waals surface area contributed by atoms with Crippen LogP contribution in [0.25, 0.3) is 0 Å². The quantitative estimate of drug-likeness (QED) is 0.705. The van der Waals surface area contributed by atoms with E-state index in [1.807, 2.05) is 6.92 Å². The molecule has 0 saturated carbocycles. The van der Waals surface area contributed by atoms with Gasteiger partial charge in [-0.3, -0.25) is 4.79 Å². The van der Waals surface area contributed by atoms with Crippen molar-refractivity contribution in [3.63, 3.8) is 0 Å². The Balaban J connectivity index is 1.97. The molecule has 4 heteroatoms. The third kappa shape index (κ3) is 3.11. The summed E-state index contributed by atoms with van der Waals surface area (Å²) >= 11 is 0. The molecule has 0 saturated heterocycles. The lowest BCUT2D eigenvalue weighted by Gasteiger charge is -2.15. The molecule has 2 rings (SSSR count). The van der Waals surface area contributed by atoms with E-state index < -0.39 is 0 Å². The normalized spacial score (nSPS) is 15.1. The SMILES string of the molecule is Cc1cc(O)ccc1C(=O)NCC1=CCNCC1. The molecule has 0 aromatic heterocycles. The first kappa shape index (κ1) is 12.6. The number of carbonyl (C=O) groups excluding carboxylic acids is 1. The Morgan fingerprint density at radius 2 is 2.33 bits per heavy atom. The Kier molecular flexibility index (Phi) is 3.99. The van der Waals surface area contributed by atoms with Gasteiger partial charge in [-0.15, -0.1) is 0 Å². The minimum atomic E-state index is -0.0908. The molecule has 1 aliphatic heterocycles. The molecule has 18 heavy (non-hydrogen) atoms. The summed E-state index contributed by atoms with van der Waals surface area (Å²) in [6.07, 6.45) is 3.10. The van der Waals surface area contributed by atoms with E-state index in [9.17, 15) is 9.90 Å². The Morgan fingerprint density at radius 1 is 1.50 bits per heavy atom. The van der Waals surface area contributed by atoms with Crippen molar-refractivity contribution in [2.24, 2.45) is 0 Å². The highest BCUT2D eigenvalue weighted by molar-refractivity contribution is 5.95. The van der Waals surface area contributed by atoms with Crippen LogP contribution in [0.3, 0.4) is 0 Å². The van der Waals surface area contributed by atoms with E-state index in [0.717, 1.165) is 25.1 Å². The fourth-order valence-corrected chi connectivity index (χ4v) is 2.02. The number of rotatable bonds is 3. The third-order valence-corrected chi connectivity index (χ3v) is 3.09. The van der Waals surface area contributed by atoms with E-state index in [1.54, 1.807) is 12.1 Å². The van der Waals surface area contributed by atoms with E-state index >= 15 is 0 Å². The standard InChI is InChI=1S/C14H18N2O2/c1-10-8-12(17)2-3-13(10)14(18)16-9-11-4-6-15-7-5-11/h2-4,8,15,17H,5-7,9H2,1H3,(H,16,18). The summed E-state index contributed by atoms with van der Waals surface area (Å²) in [4.78, 5) is 12.0. The topological polar surface area (TPSA) is 61.4 Å². The first-order chi connectivity index (χ1) is 8.66. The van der Waals surface area contributed by atoms with Crippen molar-refractivity contribution in [2.75, 3.05) is 19.6 Å². The zero-order valence-corrected chi connectivity index (χ0v) is 10.5. The van der Waals surface area contributed by atoms with Gasteiger partial charge < -0.3 is 15.7 Å². The summed E-state index contributed by atoms with van der Waals surface area (Å²) in [6, 6.07) is 4.78. The number of amides is 1. The lowest BCUT2D eigenvalue weighted by molar-refractivity contribution is 0.0956. The Bertz CT molecular complexity index is 481. The highest BCUT2D eigenvalue weighted by Gasteiger charge is 2.10. The van der Waals surface area contributed by atoms with Crippen molar-refractivity contribution in [1.82, 2.24) is 10.6 Å². The number of carbonyl (C=O) groups is 1. The first-order valence-electron chi connectivity index (χ1n) is 6.13. The molecule has 0 radical (unpaired) electrons. The number of phenols is 1. The maximum atomic E-state index is 12.0. The molecule has 1 heterocycles. The third-order valence-electron chi connectivity index (χ3n) is 3.09. The van der Waals surface area contributed by atoms with Gasteiger partial charge in [0.25, 0.3) is 5.91 Å². The molecular formula is C14H18N2O2. The number of aromatic hydroxyl groups is 1. The smallest absolute Gasteiger partial charge is 0.251 e. The van der Waals surface area contributed by atoms with Crippen molar-refractivity contribution < 1.29 is 9.90 Å². The second kappa shape index (κ2) is 5.69. The molecule has 0 spiro atoms. The van der Waals surface area contributed by atoms with Crippen LogP contribution in [0.5, 0.6) is 5.75 Å². The van der Waals surface area contributed by atoms with Gasteiger partial charge in [-0.1, -0.05) is 11.6 Å². The molecular weight excluding hydrogens is 228 g/mol. The highest BCUT2D eigenvalue weighted by atomic mass is 16.3. The molecule has 96 valence electrons. The lowest BCUT2D eigenvalue weighted by atomic mass is 10.1. The van der Waals surface area contributed by atoms with Crippen LogP contribution in [0.15, 0.2) is 29.8 Å². The van der Waals surface area contributed by atoms with Crippen LogP contribution in [-0.4, -0.2) is 30.6 Å². The number of hydrogen-bond donors (Lipinski definition) is 3. The predicted octanol–water partition coefficient (Wildman–Crippen LogP) is 1.35. The molecule has 0 aliphatic carbocycles. The second-order valence-corrected chi connectivity index (χ2v) is 4.50. The second-order valence-electron chi connectivity index (χ2n) is 4.50. The summed E-state index contributed by atoms with van der Waals surface area (Å²) in [5.74, 6) is 0.0945. The maximum Gasteiger partial charge on any atom is 0.251 e. The van der Waals surface area contributed by atoms with Crippen molar-refractivity contribution >= 4 is 5.91 Å². The molecule has 1 aliphatic rings. The fourth-order valence-electron chi connectivity index (χ4n) is 2.02. The van der Waals surface area contributed by atoms with Crippen molar-refractivity contribution in [3.05, 3.63) is 41.0 Å². The van der Waals surface area contributed by atoms with Gasteiger partial charge in [0.05, 0.1) is 0 Å². The molecule has 1 aromatic carbocycles. The molecule has 0 fully saturated rings. The van der Waals surface area contributed by atoms with Crippen LogP contribution in [0.2, 0.25) is 0 Å². The van der Waals surface area contributed by atoms with Gasteiger partial charge in [0.1, 0.15) is 5.75 Å². The highest BCUT2D eigenvalue weighted by Crippen LogP contribution is 2.15. The zero-order valence-electron chi connectivity index (χ0n) is 10.5. The van der Waals surface area contributed by atoms with E-state index in [-0.39, 0.29) is 11.7 Å². The van der Waals surface area contributed by atoms with E-state index in [1.165, 1.54) is 11.6 Å². The molecule has 0 atom stereocenters. The van der Waals surface area contributed by atoms with Gasteiger partial charge in [0.2, 0.25) is 0 Å². The van der Waals surface area contributed by atoms with E-state index in [4.69, 9.17) is 0 Å². The monoisotopic (exact) mass is 246 g/mol. The average Bonchev–Trinajstić information content (AvgIpc) is 2.37. The van der Waals surface area contributed by atoms with Crippen LogP contribution < -0.4 is 10.6 Å². The maximum absolute atomic E-state index is 12.0. The summed E-state index contributed by atoms with van der Waals surface area (Å²) in [6.45, 7) is 4.27. The number of benzene rings is 1. The van der Waals surface area contributed by atoms with Crippen LogP contribution in [0.1, 0.15) is 22.3 Å². The zero-order chi connectivity index (χ0) is 13.0. The number of hydrogen-bond acceptors (Lipinski definition) is 3. The molecule has 1 aromatic rings. The summed E-state index contributed by atoms with van der Waals surface area (Å²) in [7, 11) is 0. The number of aryl methyl sites for hydroxylation is 1. The lowest BCUT2D eigenvalue weighted by Crippen LogP contribution is -2.29. The Morgan fingerprint density at radius 3 is 3.00 bits per heavy atom. The van der Waals surface area contributed by atoms with Crippen LogP contribution in [0, 0.1) is 6.92 Å². The molecule has 0 unspecified atom stereocenters. The van der Waals surface area contributed by atoms with Gasteiger partial charge in [-0.05, 0) is 43.7 Å². The molecule has 0 bridgehead atoms. The summed E-state index contributed by atoms with van der Waals surface area (Å²) in [5, 5.41) is 15.5. The predicted molar refractivity (Wildman–Crippen MR) is 70.7 cm³/mol. The van der Waals surface area contributed by atoms with Crippen molar-refractivity contribution in [2.45, 2.75) is 13.3 Å². The average molecular weight is 246 g/mol. The van der Waals surface area contributed by atoms with Gasteiger partial charge >= 0.3 is 0 Å². The minimum absolute atomic E-state index is 0.0908. The van der Waals surface area contributed by atoms with Crippen LogP contribution in [0.4, 0.5) is 0 Å². The molecule has 3 N–H and O–H groups in total. The van der Waals surface area contributed by atoms with Crippen molar-refractivity contribution in [1.29, 1.82) is 0 Å². The molecule has 4 nitrogen and oxygen atoms in total. The van der Waals surface area contributed by atoms with Gasteiger partial charge in [-0.25, -0.2) is 0 Å². The number of phenolic OH excluding ortho intramolecular Hbond substituents is 1. The van der Waals surface area contributed by atoms with E-state index in [0.29, 0.717) is 12.1 Å². The summed E-state index contributed by atoms with van der Waals surface area (Å²) < 4.78 is 0. The van der Waals surface area contributed by atoms with Gasteiger partial charge in [0.15, 0.2) is 0 Å².